The summed E-state index contributed by atoms with van der Waals surface area (Å²) in [6.07, 6.45) is 1.02. The number of aromatic nitrogens is 4. The number of carbonyl (C=O) groups excluding carboxylic acids is 3. The number of alkyl carbamates (subject to hydrolysis) is 1. The van der Waals surface area contributed by atoms with E-state index in [4.69, 9.17) is 4.74 Å². The van der Waals surface area contributed by atoms with Crippen molar-refractivity contribution in [2.75, 3.05) is 6.54 Å². The summed E-state index contributed by atoms with van der Waals surface area (Å²) in [5.41, 5.74) is -2.32. The Morgan fingerprint density at radius 2 is 1.86 bits per heavy atom. The Bertz CT molecular complexity index is 1430. The van der Waals surface area contributed by atoms with Gasteiger partial charge in [-0.1, -0.05) is 54.9 Å². The Morgan fingerprint density at radius 1 is 1.19 bits per heavy atom. The number of nitrogens with zero attached hydrogens (tertiary/aromatic N) is 5. The molecule has 0 spiro atoms. The number of carbonyl (C=O) groups is 4. The molecule has 4 rings (SSSR count). The zero-order valence-corrected chi connectivity index (χ0v) is 26.7. The molecule has 0 radical (unpaired) electrons. The third-order valence-corrected chi connectivity index (χ3v) is 8.23. The van der Waals surface area contributed by atoms with Gasteiger partial charge in [-0.15, -0.1) is 16.8 Å². The molecule has 1 aliphatic heterocycles. The number of benzene rings is 1. The van der Waals surface area contributed by atoms with E-state index in [9.17, 15) is 24.3 Å². The van der Waals surface area contributed by atoms with Crippen LogP contribution in [0.15, 0.2) is 41.4 Å². The van der Waals surface area contributed by atoms with Crippen LogP contribution in [0.5, 0.6) is 0 Å². The molecule has 43 heavy (non-hydrogen) atoms. The van der Waals surface area contributed by atoms with E-state index < -0.39 is 64.5 Å². The Kier molecular flexibility index (Phi) is 8.74. The van der Waals surface area contributed by atoms with Gasteiger partial charge in [0.25, 0.3) is 0 Å². The highest BCUT2D eigenvalue weighted by atomic mass is 79.9. The van der Waals surface area contributed by atoms with E-state index in [-0.39, 0.29) is 19.4 Å². The Balaban J connectivity index is 1.65. The fourth-order valence-corrected chi connectivity index (χ4v) is 5.62. The molecule has 1 saturated carbocycles. The molecular formula is C29H38BrN7O6. The van der Waals surface area contributed by atoms with Crippen molar-refractivity contribution in [1.29, 1.82) is 0 Å². The number of tetrazole rings is 1. The Morgan fingerprint density at radius 3 is 2.42 bits per heavy atom. The van der Waals surface area contributed by atoms with E-state index in [1.54, 1.807) is 41.5 Å². The lowest BCUT2D eigenvalue weighted by atomic mass is 9.85. The molecule has 5 unspecified atom stereocenters. The summed E-state index contributed by atoms with van der Waals surface area (Å²) in [4.78, 5) is 55.5. The van der Waals surface area contributed by atoms with Crippen LogP contribution in [0, 0.1) is 11.3 Å². The number of amides is 3. The van der Waals surface area contributed by atoms with Gasteiger partial charge in [-0.25, -0.2) is 9.59 Å². The standard InChI is InChI=1S/C29H38BrN7O6/c1-8-16-14-29(16,25(40)41)32-23(38)20-13-17(37-34-22(33-35-37)18-11-9-10-12-19(18)30)15-36(20)24(39)21(27(2,3)4)31-26(42)43-28(5,6)7/h8-12,16-17,20-21H,1,13-15H2,2-7H3,(H,31,42)(H,32,38)(H,40,41). The Hall–Kier alpha value is -3.81. The fraction of sp³-hybridized carbons (Fsp3) is 0.552. The number of hydrogen-bond acceptors (Lipinski definition) is 8. The second kappa shape index (κ2) is 11.7. The molecule has 232 valence electrons. The maximum atomic E-state index is 14.2. The molecule has 5 atom stereocenters. The van der Waals surface area contributed by atoms with E-state index in [0.717, 1.165) is 10.0 Å². The lowest BCUT2D eigenvalue weighted by Gasteiger charge is -2.36. The van der Waals surface area contributed by atoms with Crippen molar-refractivity contribution >= 4 is 39.8 Å². The van der Waals surface area contributed by atoms with Gasteiger partial charge in [-0.05, 0) is 50.0 Å². The van der Waals surface area contributed by atoms with E-state index in [1.807, 2.05) is 24.3 Å². The van der Waals surface area contributed by atoms with Crippen LogP contribution in [0.1, 0.15) is 60.4 Å². The molecule has 3 amide bonds. The van der Waals surface area contributed by atoms with Crippen molar-refractivity contribution in [1.82, 2.24) is 35.7 Å². The van der Waals surface area contributed by atoms with Gasteiger partial charge in [0, 0.05) is 28.9 Å². The van der Waals surface area contributed by atoms with Crippen molar-refractivity contribution in [3.05, 3.63) is 41.4 Å². The van der Waals surface area contributed by atoms with Crippen molar-refractivity contribution in [2.45, 2.75) is 83.6 Å². The van der Waals surface area contributed by atoms with Crippen LogP contribution >= 0.6 is 15.9 Å². The number of likely N-dealkylation sites (tertiary alicyclic amines) is 1. The minimum Gasteiger partial charge on any atom is -0.479 e. The third kappa shape index (κ3) is 6.89. The van der Waals surface area contributed by atoms with Crippen molar-refractivity contribution in [2.24, 2.45) is 11.3 Å². The summed E-state index contributed by atoms with van der Waals surface area (Å²) < 4.78 is 6.18. The highest BCUT2D eigenvalue weighted by Crippen LogP contribution is 2.45. The van der Waals surface area contributed by atoms with E-state index in [0.29, 0.717) is 5.82 Å². The monoisotopic (exact) mass is 659 g/mol. The van der Waals surface area contributed by atoms with Gasteiger partial charge in [-0.2, -0.15) is 4.80 Å². The SMILES string of the molecule is C=CC1CC1(NC(=O)C1CC(n2nnc(-c3ccccc3Br)n2)CN1C(=O)C(NC(=O)OC(C)(C)C)C(C)(C)C)C(=O)O. The third-order valence-electron chi connectivity index (χ3n) is 7.54. The van der Waals surface area contributed by atoms with Crippen LogP contribution in [0.2, 0.25) is 0 Å². The van der Waals surface area contributed by atoms with Gasteiger partial charge in [-0.3, -0.25) is 9.59 Å². The highest BCUT2D eigenvalue weighted by molar-refractivity contribution is 9.10. The lowest BCUT2D eigenvalue weighted by Crippen LogP contribution is -2.59. The smallest absolute Gasteiger partial charge is 0.408 e. The molecular weight excluding hydrogens is 622 g/mol. The second-order valence-electron chi connectivity index (χ2n) is 13.1. The predicted molar refractivity (Wildman–Crippen MR) is 160 cm³/mol. The maximum absolute atomic E-state index is 14.2. The first-order valence-electron chi connectivity index (χ1n) is 14.0. The van der Waals surface area contributed by atoms with E-state index in [2.05, 4.69) is 48.6 Å². The molecule has 2 heterocycles. The average molecular weight is 661 g/mol. The van der Waals surface area contributed by atoms with Crippen LogP contribution in [0.25, 0.3) is 11.4 Å². The molecule has 2 aromatic rings. The first kappa shape index (κ1) is 32.1. The van der Waals surface area contributed by atoms with Crippen LogP contribution in [0.4, 0.5) is 4.79 Å². The first-order chi connectivity index (χ1) is 20.0. The van der Waals surface area contributed by atoms with Gasteiger partial charge in [0.2, 0.25) is 17.6 Å². The van der Waals surface area contributed by atoms with Crippen LogP contribution in [0.3, 0.4) is 0 Å². The summed E-state index contributed by atoms with van der Waals surface area (Å²) in [6, 6.07) is 4.70. The summed E-state index contributed by atoms with van der Waals surface area (Å²) in [5.74, 6) is -2.40. The largest absolute Gasteiger partial charge is 0.479 e. The number of carboxylic acids is 1. The molecule has 3 N–H and O–H groups in total. The summed E-state index contributed by atoms with van der Waals surface area (Å²) in [6.45, 7) is 14.2. The van der Waals surface area contributed by atoms with Gasteiger partial charge in [0.1, 0.15) is 23.2 Å². The summed E-state index contributed by atoms with van der Waals surface area (Å²) in [5, 5.41) is 28.2. The number of carboxylic acid groups (broad SMARTS) is 1. The zero-order valence-electron chi connectivity index (χ0n) is 25.1. The number of aliphatic carboxylic acids is 1. The minimum atomic E-state index is -1.48. The molecule has 14 heteroatoms. The van der Waals surface area contributed by atoms with Crippen LogP contribution < -0.4 is 10.6 Å². The quantitative estimate of drug-likeness (QED) is 0.360. The predicted octanol–water partition coefficient (Wildman–Crippen LogP) is 3.33. The number of rotatable bonds is 8. The lowest BCUT2D eigenvalue weighted by molar-refractivity contribution is -0.146. The number of halogens is 1. The fourth-order valence-electron chi connectivity index (χ4n) is 5.16. The van der Waals surface area contributed by atoms with Crippen LogP contribution in [-0.4, -0.2) is 83.9 Å². The summed E-state index contributed by atoms with van der Waals surface area (Å²) >= 11 is 3.49. The number of hydrogen-bond donors (Lipinski definition) is 3. The minimum absolute atomic E-state index is 0.0240. The molecule has 1 aliphatic carbocycles. The normalized spacial score (nSPS) is 24.2. The first-order valence-corrected chi connectivity index (χ1v) is 14.8. The molecule has 0 bridgehead atoms. The number of nitrogens with one attached hydrogen (secondary N) is 2. The molecule has 1 aromatic carbocycles. The number of ether oxygens (including phenoxy) is 1. The second-order valence-corrected chi connectivity index (χ2v) is 13.9. The van der Waals surface area contributed by atoms with Gasteiger partial charge in [0.05, 0.1) is 6.04 Å². The van der Waals surface area contributed by atoms with Gasteiger partial charge >= 0.3 is 12.1 Å². The molecule has 2 fully saturated rings. The van der Waals surface area contributed by atoms with E-state index >= 15 is 0 Å². The maximum Gasteiger partial charge on any atom is 0.408 e. The topological polar surface area (TPSA) is 169 Å². The highest BCUT2D eigenvalue weighted by Gasteiger charge is 2.61. The van der Waals surface area contributed by atoms with Crippen molar-refractivity contribution < 1.29 is 29.0 Å². The van der Waals surface area contributed by atoms with Crippen molar-refractivity contribution in [3.8, 4) is 11.4 Å². The molecule has 2 aliphatic rings. The van der Waals surface area contributed by atoms with E-state index in [1.165, 1.54) is 15.8 Å². The average Bonchev–Trinajstić information content (AvgIpc) is 3.22. The Labute approximate surface area is 258 Å². The van der Waals surface area contributed by atoms with Crippen LogP contribution in [-0.2, 0) is 19.1 Å². The summed E-state index contributed by atoms with van der Waals surface area (Å²) in [7, 11) is 0. The van der Waals surface area contributed by atoms with Gasteiger partial charge < -0.3 is 25.4 Å². The molecule has 1 saturated heterocycles. The molecule has 13 nitrogen and oxygen atoms in total. The van der Waals surface area contributed by atoms with Gasteiger partial charge in [0.15, 0.2) is 0 Å². The van der Waals surface area contributed by atoms with Crippen molar-refractivity contribution in [3.63, 3.8) is 0 Å². The molecule has 1 aromatic heterocycles. The zero-order chi connectivity index (χ0) is 31.9.